The molecular weight excluding hydrogens is 254 g/mol. The number of nitrogens with two attached hydrogens (primary N) is 1. The first-order chi connectivity index (χ1) is 9.70. The molecule has 5 nitrogen and oxygen atoms in total. The van der Waals surface area contributed by atoms with Crippen LogP contribution in [0.2, 0.25) is 0 Å². The van der Waals surface area contributed by atoms with Crippen LogP contribution in [0.25, 0.3) is 11.0 Å². The maximum atomic E-state index is 6.15. The van der Waals surface area contributed by atoms with Crippen molar-refractivity contribution in [3.8, 4) is 5.75 Å². The lowest BCUT2D eigenvalue weighted by atomic mass is 10.0. The molecule has 20 heavy (non-hydrogen) atoms. The molecule has 2 atom stereocenters. The van der Waals surface area contributed by atoms with Crippen molar-refractivity contribution in [2.45, 2.75) is 38.8 Å². The fourth-order valence-electron chi connectivity index (χ4n) is 2.97. The molecule has 0 bridgehead atoms. The van der Waals surface area contributed by atoms with Crippen molar-refractivity contribution in [2.75, 3.05) is 18.9 Å². The van der Waals surface area contributed by atoms with Gasteiger partial charge >= 0.3 is 0 Å². The van der Waals surface area contributed by atoms with Gasteiger partial charge < -0.3 is 19.8 Å². The Balaban J connectivity index is 2.06. The van der Waals surface area contributed by atoms with Crippen LogP contribution in [0.5, 0.6) is 5.75 Å². The number of fused-ring (bicyclic) bond motifs is 1. The summed E-state index contributed by atoms with van der Waals surface area (Å²) in [7, 11) is 0. The van der Waals surface area contributed by atoms with Crippen LogP contribution in [-0.4, -0.2) is 28.9 Å². The first-order valence-corrected chi connectivity index (χ1v) is 7.21. The topological polar surface area (TPSA) is 62.3 Å². The van der Waals surface area contributed by atoms with Gasteiger partial charge in [0.25, 0.3) is 0 Å². The minimum absolute atomic E-state index is 0.265. The van der Waals surface area contributed by atoms with E-state index < -0.39 is 0 Å². The number of nitrogens with zero attached hydrogens (tertiary/aromatic N) is 2. The number of para-hydroxylation sites is 1. The summed E-state index contributed by atoms with van der Waals surface area (Å²) in [6, 6.07) is 6.34. The Kier molecular flexibility index (Phi) is 3.53. The highest BCUT2D eigenvalue weighted by Gasteiger charge is 2.25. The first kappa shape index (κ1) is 13.2. The largest absolute Gasteiger partial charge is 0.492 e. The van der Waals surface area contributed by atoms with Crippen molar-refractivity contribution in [3.63, 3.8) is 0 Å². The zero-order chi connectivity index (χ0) is 14.1. The minimum atomic E-state index is 0.265. The minimum Gasteiger partial charge on any atom is -0.492 e. The molecule has 1 aromatic heterocycles. The van der Waals surface area contributed by atoms with E-state index >= 15 is 0 Å². The smallest absolute Gasteiger partial charge is 0.201 e. The van der Waals surface area contributed by atoms with Gasteiger partial charge in [0.1, 0.15) is 11.3 Å². The summed E-state index contributed by atoms with van der Waals surface area (Å²) in [5.41, 5.74) is 8.05. The molecule has 0 saturated carbocycles. The van der Waals surface area contributed by atoms with Crippen LogP contribution in [0.15, 0.2) is 18.2 Å². The van der Waals surface area contributed by atoms with Gasteiger partial charge in [-0.25, -0.2) is 4.98 Å². The Labute approximate surface area is 118 Å². The molecule has 0 spiro atoms. The van der Waals surface area contributed by atoms with Crippen LogP contribution >= 0.6 is 0 Å². The molecule has 2 heterocycles. The lowest BCUT2D eigenvalue weighted by Gasteiger charge is -2.29. The third kappa shape index (κ3) is 2.22. The average molecular weight is 275 g/mol. The number of anilines is 1. The van der Waals surface area contributed by atoms with Crippen LogP contribution in [0.1, 0.15) is 32.7 Å². The number of nitrogen functional groups attached to an aromatic ring is 1. The Hall–Kier alpha value is -1.75. The molecule has 3 rings (SSSR count). The number of ether oxygens (including phenoxy) is 2. The SMILES string of the molecule is CCOc1cccc2c1nc(N)n2C1CCOC(C)C1. The number of aromatic nitrogens is 2. The van der Waals surface area contributed by atoms with E-state index in [0.717, 1.165) is 36.2 Å². The highest BCUT2D eigenvalue weighted by Crippen LogP contribution is 2.34. The Bertz CT molecular complexity index is 608. The molecule has 1 saturated heterocycles. The van der Waals surface area contributed by atoms with E-state index in [1.165, 1.54) is 0 Å². The van der Waals surface area contributed by atoms with E-state index in [1.807, 2.05) is 19.1 Å². The van der Waals surface area contributed by atoms with Gasteiger partial charge in [-0.1, -0.05) is 6.07 Å². The van der Waals surface area contributed by atoms with Crippen LogP contribution in [0.3, 0.4) is 0 Å². The molecule has 2 unspecified atom stereocenters. The summed E-state index contributed by atoms with van der Waals surface area (Å²) >= 11 is 0. The molecule has 1 fully saturated rings. The maximum Gasteiger partial charge on any atom is 0.201 e. The molecule has 108 valence electrons. The summed E-state index contributed by atoms with van der Waals surface area (Å²) in [5.74, 6) is 1.36. The van der Waals surface area contributed by atoms with Gasteiger partial charge in [-0.05, 0) is 38.8 Å². The summed E-state index contributed by atoms with van der Waals surface area (Å²) in [6.45, 7) is 5.47. The Morgan fingerprint density at radius 3 is 3.10 bits per heavy atom. The normalized spacial score (nSPS) is 23.1. The van der Waals surface area contributed by atoms with Gasteiger partial charge in [-0.3, -0.25) is 0 Å². The number of benzene rings is 1. The van der Waals surface area contributed by atoms with E-state index in [2.05, 4.69) is 22.5 Å². The molecular formula is C15H21N3O2. The van der Waals surface area contributed by atoms with Gasteiger partial charge in [-0.15, -0.1) is 0 Å². The second kappa shape index (κ2) is 5.32. The summed E-state index contributed by atoms with van der Waals surface area (Å²) in [6.07, 6.45) is 2.20. The van der Waals surface area contributed by atoms with Crippen molar-refractivity contribution in [1.29, 1.82) is 0 Å². The third-order valence-corrected chi connectivity index (χ3v) is 3.83. The highest BCUT2D eigenvalue weighted by molar-refractivity contribution is 5.84. The van der Waals surface area contributed by atoms with Crippen LogP contribution in [-0.2, 0) is 4.74 Å². The third-order valence-electron chi connectivity index (χ3n) is 3.83. The molecule has 0 radical (unpaired) electrons. The van der Waals surface area contributed by atoms with Gasteiger partial charge in [0.2, 0.25) is 5.95 Å². The van der Waals surface area contributed by atoms with Crippen molar-refractivity contribution in [2.24, 2.45) is 0 Å². The van der Waals surface area contributed by atoms with E-state index in [4.69, 9.17) is 15.2 Å². The zero-order valence-corrected chi connectivity index (χ0v) is 12.0. The van der Waals surface area contributed by atoms with Crippen LogP contribution in [0.4, 0.5) is 5.95 Å². The van der Waals surface area contributed by atoms with Crippen molar-refractivity contribution < 1.29 is 9.47 Å². The van der Waals surface area contributed by atoms with Crippen LogP contribution < -0.4 is 10.5 Å². The first-order valence-electron chi connectivity index (χ1n) is 7.21. The second-order valence-electron chi connectivity index (χ2n) is 5.26. The number of rotatable bonds is 3. The van der Waals surface area contributed by atoms with Gasteiger partial charge in [0.05, 0.1) is 18.2 Å². The standard InChI is InChI=1S/C15H21N3O2/c1-3-19-13-6-4-5-12-14(13)17-15(16)18(12)11-7-8-20-10(2)9-11/h4-6,10-11H,3,7-9H2,1-2H3,(H2,16,17). The number of hydrogen-bond acceptors (Lipinski definition) is 4. The predicted octanol–water partition coefficient (Wildman–Crippen LogP) is 2.76. The van der Waals surface area contributed by atoms with E-state index in [0.29, 0.717) is 18.6 Å². The highest BCUT2D eigenvalue weighted by atomic mass is 16.5. The maximum absolute atomic E-state index is 6.15. The number of hydrogen-bond donors (Lipinski definition) is 1. The van der Waals surface area contributed by atoms with E-state index in [9.17, 15) is 0 Å². The van der Waals surface area contributed by atoms with Crippen molar-refractivity contribution in [1.82, 2.24) is 9.55 Å². The van der Waals surface area contributed by atoms with Crippen molar-refractivity contribution >= 4 is 17.0 Å². The molecule has 5 heteroatoms. The monoisotopic (exact) mass is 275 g/mol. The molecule has 1 aliphatic rings. The second-order valence-corrected chi connectivity index (χ2v) is 5.26. The summed E-state index contributed by atoms with van der Waals surface area (Å²) < 4.78 is 13.4. The fraction of sp³-hybridized carbons (Fsp3) is 0.533. The molecule has 1 aromatic carbocycles. The predicted molar refractivity (Wildman–Crippen MR) is 79.0 cm³/mol. The fourth-order valence-corrected chi connectivity index (χ4v) is 2.97. The molecule has 2 aromatic rings. The zero-order valence-electron chi connectivity index (χ0n) is 12.0. The van der Waals surface area contributed by atoms with Gasteiger partial charge in [0, 0.05) is 12.6 Å². The lowest BCUT2D eigenvalue weighted by Crippen LogP contribution is -2.26. The molecule has 2 N–H and O–H groups in total. The summed E-state index contributed by atoms with van der Waals surface area (Å²) in [5, 5.41) is 0. The average Bonchev–Trinajstić information content (AvgIpc) is 2.76. The summed E-state index contributed by atoms with van der Waals surface area (Å²) in [4.78, 5) is 4.51. The van der Waals surface area contributed by atoms with Gasteiger partial charge in [0.15, 0.2) is 0 Å². The molecule has 0 amide bonds. The Morgan fingerprint density at radius 2 is 2.35 bits per heavy atom. The number of imidazole rings is 1. The molecule has 1 aliphatic heterocycles. The molecule has 0 aliphatic carbocycles. The van der Waals surface area contributed by atoms with E-state index in [-0.39, 0.29) is 6.10 Å². The lowest BCUT2D eigenvalue weighted by molar-refractivity contribution is 0.00714. The van der Waals surface area contributed by atoms with Crippen molar-refractivity contribution in [3.05, 3.63) is 18.2 Å². The van der Waals surface area contributed by atoms with E-state index in [1.54, 1.807) is 0 Å². The Morgan fingerprint density at radius 1 is 1.50 bits per heavy atom. The van der Waals surface area contributed by atoms with Crippen LogP contribution in [0, 0.1) is 0 Å². The quantitative estimate of drug-likeness (QED) is 0.935. The van der Waals surface area contributed by atoms with Gasteiger partial charge in [-0.2, -0.15) is 0 Å².